The zero-order valence-electron chi connectivity index (χ0n) is 9.89. The van der Waals surface area contributed by atoms with Crippen molar-refractivity contribution in [3.63, 3.8) is 0 Å². The third-order valence-electron chi connectivity index (χ3n) is 2.38. The molecule has 3 rings (SSSR count). The van der Waals surface area contributed by atoms with Crippen molar-refractivity contribution in [1.82, 2.24) is 15.2 Å². The van der Waals surface area contributed by atoms with E-state index in [0.29, 0.717) is 11.0 Å². The van der Waals surface area contributed by atoms with Gasteiger partial charge in [-0.3, -0.25) is 0 Å². The van der Waals surface area contributed by atoms with E-state index in [2.05, 4.69) is 36.1 Å². The normalized spacial score (nSPS) is 11.2. The van der Waals surface area contributed by atoms with Crippen molar-refractivity contribution in [1.29, 1.82) is 0 Å². The van der Waals surface area contributed by atoms with E-state index in [0.717, 1.165) is 10.0 Å². The van der Waals surface area contributed by atoms with Crippen LogP contribution in [0.5, 0.6) is 5.95 Å². The molecule has 0 saturated heterocycles. The first-order valence-electron chi connectivity index (χ1n) is 5.49. The molecule has 0 fully saturated rings. The molecule has 6 nitrogen and oxygen atoms in total. The van der Waals surface area contributed by atoms with Crippen LogP contribution >= 0.6 is 27.3 Å². The van der Waals surface area contributed by atoms with Gasteiger partial charge < -0.3 is 9.52 Å². The van der Waals surface area contributed by atoms with Crippen molar-refractivity contribution < 1.29 is 9.52 Å². The minimum absolute atomic E-state index is 0.242. The molecule has 20 heavy (non-hydrogen) atoms. The molecule has 100 valence electrons. The smallest absolute Gasteiger partial charge is 0.312 e. The van der Waals surface area contributed by atoms with E-state index in [-0.39, 0.29) is 11.6 Å². The van der Waals surface area contributed by atoms with Crippen LogP contribution < -0.4 is 0 Å². The minimum atomic E-state index is -0.288. The second-order valence-corrected chi connectivity index (χ2v) is 5.33. The SMILES string of the molecule is Oc1oc(-c2ccccc2Br)nc1C=Nc1nncs1. The monoisotopic (exact) mass is 350 g/mol. The fraction of sp³-hybridized carbons (Fsp3) is 0. The molecule has 8 heteroatoms. The molecule has 0 aliphatic carbocycles. The molecule has 0 spiro atoms. The van der Waals surface area contributed by atoms with Crippen molar-refractivity contribution in [3.05, 3.63) is 39.9 Å². The molecule has 0 bridgehead atoms. The van der Waals surface area contributed by atoms with Gasteiger partial charge >= 0.3 is 5.95 Å². The van der Waals surface area contributed by atoms with E-state index in [1.807, 2.05) is 24.3 Å². The number of hydrogen-bond acceptors (Lipinski definition) is 7. The van der Waals surface area contributed by atoms with E-state index >= 15 is 0 Å². The minimum Gasteiger partial charge on any atom is -0.479 e. The summed E-state index contributed by atoms with van der Waals surface area (Å²) in [6.45, 7) is 0. The van der Waals surface area contributed by atoms with Gasteiger partial charge in [0.05, 0.1) is 11.8 Å². The van der Waals surface area contributed by atoms with Crippen LogP contribution in [0.15, 0.2) is 43.7 Å². The maximum absolute atomic E-state index is 9.74. The first-order valence-corrected chi connectivity index (χ1v) is 7.16. The number of oxazole rings is 1. The van der Waals surface area contributed by atoms with E-state index < -0.39 is 0 Å². The summed E-state index contributed by atoms with van der Waals surface area (Å²) in [4.78, 5) is 8.25. The van der Waals surface area contributed by atoms with Crippen LogP contribution in [0.2, 0.25) is 0 Å². The van der Waals surface area contributed by atoms with Gasteiger partial charge in [0, 0.05) is 4.47 Å². The molecule has 0 amide bonds. The van der Waals surface area contributed by atoms with Crippen molar-refractivity contribution in [2.75, 3.05) is 0 Å². The Morgan fingerprint density at radius 2 is 2.20 bits per heavy atom. The third-order valence-corrected chi connectivity index (χ3v) is 3.67. The number of rotatable bonds is 3. The average Bonchev–Trinajstić information content (AvgIpc) is 3.07. The van der Waals surface area contributed by atoms with Crippen LogP contribution in [0, 0.1) is 0 Å². The van der Waals surface area contributed by atoms with Gasteiger partial charge in [-0.05, 0) is 28.1 Å². The van der Waals surface area contributed by atoms with Crippen LogP contribution in [-0.4, -0.2) is 26.5 Å². The number of aliphatic imine (C=N–C) groups is 1. The Labute approximate surface area is 126 Å². The largest absolute Gasteiger partial charge is 0.479 e. The molecule has 0 unspecified atom stereocenters. The Morgan fingerprint density at radius 1 is 1.35 bits per heavy atom. The second-order valence-electron chi connectivity index (χ2n) is 3.67. The highest BCUT2D eigenvalue weighted by Gasteiger charge is 2.14. The zero-order chi connectivity index (χ0) is 13.9. The number of hydrogen-bond donors (Lipinski definition) is 1. The number of benzene rings is 1. The van der Waals surface area contributed by atoms with Crippen molar-refractivity contribution in [2.45, 2.75) is 0 Å². The summed E-state index contributed by atoms with van der Waals surface area (Å²) >= 11 is 4.69. The Morgan fingerprint density at radius 3 is 2.95 bits per heavy atom. The lowest BCUT2D eigenvalue weighted by atomic mass is 10.2. The highest BCUT2D eigenvalue weighted by molar-refractivity contribution is 9.10. The fourth-order valence-electron chi connectivity index (χ4n) is 1.50. The molecular weight excluding hydrogens is 344 g/mol. The summed E-state index contributed by atoms with van der Waals surface area (Å²) in [6, 6.07) is 7.44. The lowest BCUT2D eigenvalue weighted by Crippen LogP contribution is -1.83. The fourth-order valence-corrected chi connectivity index (χ4v) is 2.35. The lowest BCUT2D eigenvalue weighted by Gasteiger charge is -1.96. The number of halogens is 1. The molecule has 2 heterocycles. The predicted molar refractivity (Wildman–Crippen MR) is 78.5 cm³/mol. The molecule has 1 N–H and O–H groups in total. The van der Waals surface area contributed by atoms with Crippen LogP contribution in [0.1, 0.15) is 5.69 Å². The van der Waals surface area contributed by atoms with E-state index in [1.54, 1.807) is 5.51 Å². The van der Waals surface area contributed by atoms with Gasteiger partial charge in [0.1, 0.15) is 5.51 Å². The molecule has 0 radical (unpaired) electrons. The molecular formula is C12H7BrN4O2S. The average molecular weight is 351 g/mol. The first kappa shape index (κ1) is 12.9. The predicted octanol–water partition coefficient (Wildman–Crippen LogP) is 3.41. The lowest BCUT2D eigenvalue weighted by molar-refractivity contribution is 0.337. The van der Waals surface area contributed by atoms with Gasteiger partial charge in [0.15, 0.2) is 5.69 Å². The maximum atomic E-state index is 9.74. The summed E-state index contributed by atoms with van der Waals surface area (Å²) in [5.41, 5.74) is 2.56. The van der Waals surface area contributed by atoms with Gasteiger partial charge in [-0.1, -0.05) is 23.5 Å². The Kier molecular flexibility index (Phi) is 3.57. The van der Waals surface area contributed by atoms with Gasteiger partial charge in [-0.25, -0.2) is 9.98 Å². The van der Waals surface area contributed by atoms with Crippen molar-refractivity contribution in [2.24, 2.45) is 4.99 Å². The Bertz CT molecular complexity index is 755. The van der Waals surface area contributed by atoms with Crippen LogP contribution in [0.3, 0.4) is 0 Å². The Hall–Kier alpha value is -2.06. The summed E-state index contributed by atoms with van der Waals surface area (Å²) in [6.07, 6.45) is 1.39. The van der Waals surface area contributed by atoms with Gasteiger partial charge in [0.2, 0.25) is 11.0 Å². The van der Waals surface area contributed by atoms with Gasteiger partial charge in [0.25, 0.3) is 0 Å². The van der Waals surface area contributed by atoms with E-state index in [4.69, 9.17) is 4.42 Å². The van der Waals surface area contributed by atoms with Crippen molar-refractivity contribution >= 4 is 38.6 Å². The van der Waals surface area contributed by atoms with E-state index in [9.17, 15) is 5.11 Å². The number of nitrogens with zero attached hydrogens (tertiary/aromatic N) is 4. The zero-order valence-corrected chi connectivity index (χ0v) is 12.3. The third kappa shape index (κ3) is 2.61. The molecule has 0 saturated carbocycles. The molecule has 2 aromatic heterocycles. The second kappa shape index (κ2) is 5.51. The molecule has 3 aromatic rings. The van der Waals surface area contributed by atoms with E-state index in [1.165, 1.54) is 17.6 Å². The van der Waals surface area contributed by atoms with Crippen LogP contribution in [-0.2, 0) is 0 Å². The number of aromatic hydroxyl groups is 1. The summed E-state index contributed by atoms with van der Waals surface area (Å²) in [7, 11) is 0. The Balaban J connectivity index is 1.94. The molecule has 0 aliphatic rings. The molecule has 1 aromatic carbocycles. The first-order chi connectivity index (χ1) is 9.74. The van der Waals surface area contributed by atoms with Crippen LogP contribution in [0.25, 0.3) is 11.5 Å². The van der Waals surface area contributed by atoms with Crippen LogP contribution in [0.4, 0.5) is 5.13 Å². The maximum Gasteiger partial charge on any atom is 0.312 e. The van der Waals surface area contributed by atoms with Gasteiger partial charge in [-0.2, -0.15) is 0 Å². The summed E-state index contributed by atoms with van der Waals surface area (Å²) in [5.74, 6) is 0.0257. The van der Waals surface area contributed by atoms with Crippen molar-refractivity contribution in [3.8, 4) is 17.4 Å². The quantitative estimate of drug-likeness (QED) is 0.731. The summed E-state index contributed by atoms with van der Waals surface area (Å²) < 4.78 is 6.07. The standard InChI is InChI=1S/C12H7BrN4O2S/c13-8-4-2-1-3-7(8)10-16-9(11(18)19-10)5-14-12-17-15-6-20-12/h1-6,18H. The van der Waals surface area contributed by atoms with Gasteiger partial charge in [-0.15, -0.1) is 10.2 Å². The summed E-state index contributed by atoms with van der Waals surface area (Å²) in [5, 5.41) is 17.7. The molecule has 0 atom stereocenters. The topological polar surface area (TPSA) is 84.4 Å². The number of aromatic nitrogens is 3. The highest BCUT2D eigenvalue weighted by Crippen LogP contribution is 2.31. The molecule has 0 aliphatic heterocycles. The highest BCUT2D eigenvalue weighted by atomic mass is 79.9.